The van der Waals surface area contributed by atoms with E-state index in [0.29, 0.717) is 12.8 Å². The van der Waals surface area contributed by atoms with E-state index in [0.717, 1.165) is 11.3 Å². The van der Waals surface area contributed by atoms with Gasteiger partial charge in [0.25, 0.3) is 5.91 Å². The fraction of sp³-hybridized carbons (Fsp3) is 1.00. The van der Waals surface area contributed by atoms with Crippen molar-refractivity contribution in [3.05, 3.63) is 0 Å². The molecule has 3 fully saturated rings. The predicted molar refractivity (Wildman–Crippen MR) is 83.9 cm³/mol. The van der Waals surface area contributed by atoms with E-state index in [4.69, 9.17) is 4.74 Å². The largest absolute Gasteiger partial charge is 0.363 e. The van der Waals surface area contributed by atoms with Gasteiger partial charge in [-0.2, -0.15) is 4.90 Å². The molecule has 4 N–H and O–H groups in total. The van der Waals surface area contributed by atoms with Crippen LogP contribution in [0.2, 0.25) is 0 Å². The number of hydrogen-bond donors (Lipinski definition) is 4. The third-order valence-electron chi connectivity index (χ3n) is 7.95. The molecule has 1 aliphatic carbocycles. The smallest absolute Gasteiger partial charge is 0.258 e. The molecule has 2 heterocycles. The lowest BCUT2D eigenvalue weighted by Gasteiger charge is -2.63. The molecule has 6 nitrogen and oxygen atoms in total. The van der Waals surface area contributed by atoms with Crippen LogP contribution in [-0.2, 0) is 4.74 Å². The minimum absolute atomic E-state index is 0.0595. The Balaban J connectivity index is 2.08. The number of likely N-dealkylation sites (tertiary alicyclic amines) is 1. The minimum Gasteiger partial charge on any atom is -0.363 e. The van der Waals surface area contributed by atoms with Crippen molar-refractivity contribution in [3.63, 3.8) is 0 Å². The molecule has 23 heavy (non-hydrogen) atoms. The molecule has 2 aliphatic heterocycles. The monoisotopic (exact) mass is 329 g/mol. The molecule has 3 aliphatic rings. The van der Waals surface area contributed by atoms with Gasteiger partial charge in [-0.05, 0) is 33.1 Å². The molecule has 2 saturated heterocycles. The average Bonchev–Trinajstić information content (AvgIpc) is 2.73. The first-order chi connectivity index (χ1) is 10.3. The number of nitrogens with zero attached hydrogens (tertiary/aromatic N) is 1. The Morgan fingerprint density at radius 3 is 2.00 bits per heavy atom. The molecule has 4 unspecified atom stereocenters. The second kappa shape index (κ2) is 4.29. The van der Waals surface area contributed by atoms with Crippen LogP contribution in [0.4, 0.5) is 0 Å². The standard InChI is InChI=1S/C17H31NO5/c1-7-12(4,8-2)18-16(19,20)10-15-11(17(18,21)22)23-14(15,6)13(15,5)9-3/h11,19-22H,7-10H2,1-6H3. The SMILES string of the molecule is CCC(C)(CC)N1C(O)(O)CC23C(OC2(C)C3(C)CC)C1(O)O. The van der Waals surface area contributed by atoms with E-state index in [-0.39, 0.29) is 11.8 Å². The fourth-order valence-corrected chi connectivity index (χ4v) is 5.88. The number of piperidine rings is 1. The van der Waals surface area contributed by atoms with Crippen LogP contribution in [0.1, 0.15) is 67.2 Å². The maximum Gasteiger partial charge on any atom is 0.258 e. The van der Waals surface area contributed by atoms with Gasteiger partial charge in [0.2, 0.25) is 5.91 Å². The summed E-state index contributed by atoms with van der Waals surface area (Å²) in [7, 11) is 0. The molecule has 4 atom stereocenters. The number of aliphatic hydroxyl groups is 4. The van der Waals surface area contributed by atoms with Crippen LogP contribution >= 0.6 is 0 Å². The highest BCUT2D eigenvalue weighted by atomic mass is 16.6. The molecule has 0 aromatic rings. The first kappa shape index (κ1) is 17.6. The number of ether oxygens (including phenoxy) is 1. The van der Waals surface area contributed by atoms with Crippen molar-refractivity contribution in [2.75, 3.05) is 0 Å². The first-order valence-electron chi connectivity index (χ1n) is 8.72. The lowest BCUT2D eigenvalue weighted by atomic mass is 9.72. The third kappa shape index (κ3) is 1.52. The lowest BCUT2D eigenvalue weighted by molar-refractivity contribution is -0.493. The van der Waals surface area contributed by atoms with Gasteiger partial charge in [-0.3, -0.25) is 0 Å². The maximum absolute atomic E-state index is 10.9. The molecule has 6 heteroatoms. The zero-order chi connectivity index (χ0) is 17.7. The Morgan fingerprint density at radius 1 is 1.09 bits per heavy atom. The van der Waals surface area contributed by atoms with Gasteiger partial charge in [0.1, 0.15) is 6.10 Å². The Bertz CT molecular complexity index is 531. The molecule has 134 valence electrons. The van der Waals surface area contributed by atoms with Gasteiger partial charge in [0, 0.05) is 22.8 Å². The summed E-state index contributed by atoms with van der Waals surface area (Å²) in [5, 5.41) is 43.5. The van der Waals surface area contributed by atoms with E-state index in [2.05, 4.69) is 0 Å². The van der Waals surface area contributed by atoms with Gasteiger partial charge in [0.05, 0.1) is 5.60 Å². The van der Waals surface area contributed by atoms with Gasteiger partial charge >= 0.3 is 0 Å². The predicted octanol–water partition coefficient (Wildman–Crippen LogP) is 1.12. The third-order valence-corrected chi connectivity index (χ3v) is 7.95. The zero-order valence-electron chi connectivity index (χ0n) is 15.1. The summed E-state index contributed by atoms with van der Waals surface area (Å²) in [6.45, 7) is 11.6. The summed E-state index contributed by atoms with van der Waals surface area (Å²) in [4.78, 5) is 1.05. The summed E-state index contributed by atoms with van der Waals surface area (Å²) in [6.07, 6.45) is 1.11. The van der Waals surface area contributed by atoms with Crippen molar-refractivity contribution in [3.8, 4) is 0 Å². The Kier molecular flexibility index (Phi) is 3.28. The highest BCUT2D eigenvalue weighted by Gasteiger charge is 2.98. The molecule has 0 bridgehead atoms. The quantitative estimate of drug-likeness (QED) is 0.578. The Labute approximate surface area is 138 Å². The van der Waals surface area contributed by atoms with Gasteiger partial charge in [-0.25, -0.2) is 0 Å². The summed E-state index contributed by atoms with van der Waals surface area (Å²) in [5.74, 6) is -4.71. The van der Waals surface area contributed by atoms with E-state index >= 15 is 0 Å². The second-order valence-electron chi connectivity index (χ2n) is 8.37. The first-order valence-corrected chi connectivity index (χ1v) is 8.72. The average molecular weight is 329 g/mol. The lowest BCUT2D eigenvalue weighted by Crippen LogP contribution is -2.81. The van der Waals surface area contributed by atoms with Gasteiger partial charge in [-0.15, -0.1) is 0 Å². The normalized spacial score (nSPS) is 47.5. The Morgan fingerprint density at radius 2 is 1.61 bits per heavy atom. The summed E-state index contributed by atoms with van der Waals surface area (Å²) >= 11 is 0. The van der Waals surface area contributed by atoms with Crippen LogP contribution in [-0.4, -0.2) is 54.4 Å². The van der Waals surface area contributed by atoms with Gasteiger partial charge in [-0.1, -0.05) is 27.7 Å². The summed E-state index contributed by atoms with van der Waals surface area (Å²) < 4.78 is 5.96. The zero-order valence-corrected chi connectivity index (χ0v) is 15.1. The fourth-order valence-electron chi connectivity index (χ4n) is 5.88. The summed E-state index contributed by atoms with van der Waals surface area (Å²) in [6, 6.07) is 0. The van der Waals surface area contributed by atoms with Crippen LogP contribution < -0.4 is 0 Å². The van der Waals surface area contributed by atoms with Gasteiger partial charge in [0.15, 0.2) is 0 Å². The van der Waals surface area contributed by atoms with Crippen molar-refractivity contribution in [1.29, 1.82) is 0 Å². The Hall–Kier alpha value is -0.240. The van der Waals surface area contributed by atoms with Crippen molar-refractivity contribution in [2.24, 2.45) is 10.8 Å². The van der Waals surface area contributed by atoms with E-state index in [1.54, 1.807) is 0 Å². The molecule has 3 rings (SSSR count). The highest BCUT2D eigenvalue weighted by molar-refractivity contribution is 5.41. The van der Waals surface area contributed by atoms with Crippen LogP contribution in [0.15, 0.2) is 0 Å². The molecule has 0 aromatic carbocycles. The molecule has 1 saturated carbocycles. The molecule has 1 spiro atoms. The van der Waals surface area contributed by atoms with Crippen molar-refractivity contribution in [2.45, 2.75) is 96.3 Å². The molecule has 0 radical (unpaired) electrons. The van der Waals surface area contributed by atoms with E-state index in [9.17, 15) is 20.4 Å². The van der Waals surface area contributed by atoms with Crippen molar-refractivity contribution >= 4 is 0 Å². The van der Waals surface area contributed by atoms with Crippen molar-refractivity contribution < 1.29 is 25.2 Å². The number of rotatable bonds is 4. The molecule has 0 amide bonds. The van der Waals surface area contributed by atoms with Crippen LogP contribution in [0.25, 0.3) is 0 Å². The van der Waals surface area contributed by atoms with Crippen molar-refractivity contribution in [1.82, 2.24) is 4.90 Å². The molecular formula is C17H31NO5. The highest BCUT2D eigenvalue weighted by Crippen LogP contribution is 2.88. The van der Waals surface area contributed by atoms with Crippen LogP contribution in [0.3, 0.4) is 0 Å². The van der Waals surface area contributed by atoms with E-state index in [1.807, 2.05) is 41.5 Å². The topological polar surface area (TPSA) is 93.4 Å². The van der Waals surface area contributed by atoms with Crippen LogP contribution in [0.5, 0.6) is 0 Å². The maximum atomic E-state index is 10.9. The molecular weight excluding hydrogens is 298 g/mol. The molecule has 0 aromatic heterocycles. The second-order valence-corrected chi connectivity index (χ2v) is 8.37. The van der Waals surface area contributed by atoms with Crippen LogP contribution in [0, 0.1) is 10.8 Å². The van der Waals surface area contributed by atoms with E-state index in [1.165, 1.54) is 0 Å². The summed E-state index contributed by atoms with van der Waals surface area (Å²) in [5.41, 5.74) is -2.21. The number of hydrogen-bond acceptors (Lipinski definition) is 6. The van der Waals surface area contributed by atoms with Gasteiger partial charge < -0.3 is 25.2 Å². The minimum atomic E-state index is -2.42. The van der Waals surface area contributed by atoms with E-state index < -0.39 is 34.5 Å².